The van der Waals surface area contributed by atoms with E-state index in [1.165, 1.54) is 10.8 Å². The third-order valence-corrected chi connectivity index (χ3v) is 9.45. The quantitative estimate of drug-likeness (QED) is 0.188. The van der Waals surface area contributed by atoms with Gasteiger partial charge in [-0.3, -0.25) is 0 Å². The Labute approximate surface area is 287 Å². The van der Waals surface area contributed by atoms with E-state index in [1.54, 1.807) is 0 Å². The fourth-order valence-electron chi connectivity index (χ4n) is 7.04. The van der Waals surface area contributed by atoms with E-state index in [1.807, 2.05) is 48.5 Å². The fraction of sp³-hybridized carbons (Fsp3) is 0. The lowest BCUT2D eigenvalue weighted by atomic mass is 10.0. The average molecular weight is 641 g/mol. The summed E-state index contributed by atoms with van der Waals surface area (Å²) < 4.78 is 8.63. The highest BCUT2D eigenvalue weighted by molar-refractivity contribution is 6.17. The van der Waals surface area contributed by atoms with Crippen LogP contribution >= 0.6 is 0 Å². The summed E-state index contributed by atoms with van der Waals surface area (Å²) >= 11 is 0. The van der Waals surface area contributed by atoms with Crippen molar-refractivity contribution in [3.63, 3.8) is 0 Å². The summed E-state index contributed by atoms with van der Waals surface area (Å²) in [6.07, 6.45) is 0. The zero-order valence-corrected chi connectivity index (χ0v) is 26.9. The van der Waals surface area contributed by atoms with Crippen molar-refractivity contribution in [3.05, 3.63) is 170 Å². The van der Waals surface area contributed by atoms with E-state index in [-0.39, 0.29) is 0 Å². The van der Waals surface area contributed by atoms with Crippen LogP contribution in [-0.2, 0) is 0 Å². The Kier molecular flexibility index (Phi) is 6.42. The summed E-state index contributed by atoms with van der Waals surface area (Å²) in [6, 6.07) is 58.6. The van der Waals surface area contributed by atoms with Crippen LogP contribution in [0.1, 0.15) is 0 Å². The Hall–Kier alpha value is -6.85. The zero-order chi connectivity index (χ0) is 33.0. The highest BCUT2D eigenvalue weighted by atomic mass is 16.3. The smallest absolute Gasteiger partial charge is 0.164 e. The third-order valence-electron chi connectivity index (χ3n) is 9.45. The number of rotatable bonds is 5. The molecule has 0 unspecified atom stereocenters. The highest BCUT2D eigenvalue weighted by Gasteiger charge is 2.17. The van der Waals surface area contributed by atoms with E-state index in [0.717, 1.165) is 66.5 Å². The molecule has 0 saturated carbocycles. The molecule has 7 aromatic carbocycles. The Morgan fingerprint density at radius 1 is 0.340 bits per heavy atom. The van der Waals surface area contributed by atoms with Crippen molar-refractivity contribution in [1.29, 1.82) is 0 Å². The maximum absolute atomic E-state index is 6.32. The fourth-order valence-corrected chi connectivity index (χ4v) is 7.04. The minimum Gasteiger partial charge on any atom is -0.456 e. The first-order valence-corrected chi connectivity index (χ1v) is 16.7. The monoisotopic (exact) mass is 640 g/mol. The number of nitrogens with zero attached hydrogens (tertiary/aromatic N) is 4. The molecule has 0 spiro atoms. The molecule has 0 aliphatic rings. The van der Waals surface area contributed by atoms with Crippen LogP contribution in [0, 0.1) is 0 Å². The van der Waals surface area contributed by atoms with Gasteiger partial charge in [0.05, 0.1) is 11.0 Å². The number of furan rings is 1. The zero-order valence-electron chi connectivity index (χ0n) is 26.9. The Bertz CT molecular complexity index is 2850. The van der Waals surface area contributed by atoms with Gasteiger partial charge in [-0.2, -0.15) is 0 Å². The predicted molar refractivity (Wildman–Crippen MR) is 203 cm³/mol. The van der Waals surface area contributed by atoms with Gasteiger partial charge in [-0.1, -0.05) is 115 Å². The Morgan fingerprint density at radius 2 is 0.920 bits per heavy atom. The van der Waals surface area contributed by atoms with E-state index in [2.05, 4.69) is 126 Å². The molecule has 0 saturated heterocycles. The van der Waals surface area contributed by atoms with Crippen LogP contribution in [0.4, 0.5) is 0 Å². The molecule has 3 heterocycles. The van der Waals surface area contributed by atoms with E-state index >= 15 is 0 Å². The molecule has 10 aromatic rings. The van der Waals surface area contributed by atoms with Gasteiger partial charge in [-0.25, -0.2) is 15.0 Å². The molecule has 3 aromatic heterocycles. The van der Waals surface area contributed by atoms with Gasteiger partial charge < -0.3 is 8.98 Å². The number of para-hydroxylation sites is 2. The van der Waals surface area contributed by atoms with E-state index in [4.69, 9.17) is 19.4 Å². The summed E-state index contributed by atoms with van der Waals surface area (Å²) in [5.74, 6) is 1.89. The van der Waals surface area contributed by atoms with Crippen molar-refractivity contribution in [3.8, 4) is 51.0 Å². The summed E-state index contributed by atoms with van der Waals surface area (Å²) in [4.78, 5) is 15.0. The van der Waals surface area contributed by atoms with Crippen LogP contribution < -0.4 is 0 Å². The summed E-state index contributed by atoms with van der Waals surface area (Å²) in [6.45, 7) is 0. The second-order valence-electron chi connectivity index (χ2n) is 12.5. The molecule has 0 atom stereocenters. The molecule has 0 aliphatic carbocycles. The molecule has 5 heteroatoms. The molecule has 234 valence electrons. The van der Waals surface area contributed by atoms with Gasteiger partial charge in [0.15, 0.2) is 17.5 Å². The molecule has 0 fully saturated rings. The summed E-state index contributed by atoms with van der Waals surface area (Å²) in [7, 11) is 0. The Morgan fingerprint density at radius 3 is 1.68 bits per heavy atom. The summed E-state index contributed by atoms with van der Waals surface area (Å²) in [5.41, 5.74) is 10.1. The van der Waals surface area contributed by atoms with Crippen molar-refractivity contribution in [2.75, 3.05) is 0 Å². The van der Waals surface area contributed by atoms with Crippen LogP contribution in [0.15, 0.2) is 174 Å². The molecular weight excluding hydrogens is 613 g/mol. The van der Waals surface area contributed by atoms with Gasteiger partial charge in [-0.05, 0) is 59.7 Å². The van der Waals surface area contributed by atoms with E-state index < -0.39 is 0 Å². The van der Waals surface area contributed by atoms with Crippen LogP contribution in [-0.4, -0.2) is 19.5 Å². The van der Waals surface area contributed by atoms with Crippen LogP contribution in [0.25, 0.3) is 94.7 Å². The lowest BCUT2D eigenvalue weighted by Crippen LogP contribution is -2.00. The molecule has 10 rings (SSSR count). The second kappa shape index (κ2) is 11.4. The molecule has 0 aliphatic heterocycles. The number of aromatic nitrogens is 4. The van der Waals surface area contributed by atoms with E-state index in [0.29, 0.717) is 17.5 Å². The van der Waals surface area contributed by atoms with Crippen LogP contribution in [0.5, 0.6) is 0 Å². The standard InChI is InChI=1S/C45H28N4O/c1-3-12-29(13-4-1)32-16-11-17-33(26-32)45-47-43(30-14-5-2-6-15-30)46-44(48-45)31-22-24-34(25-23-31)49-39-20-9-7-18-35(39)37-27-38-36-19-8-10-21-41(36)50-42(38)28-40(37)49/h1-28H. The first-order valence-electron chi connectivity index (χ1n) is 16.7. The van der Waals surface area contributed by atoms with Crippen molar-refractivity contribution in [2.24, 2.45) is 0 Å². The normalized spacial score (nSPS) is 11.6. The summed E-state index contributed by atoms with van der Waals surface area (Å²) in [5, 5.41) is 4.65. The first-order chi connectivity index (χ1) is 24.8. The minimum absolute atomic E-state index is 0.622. The maximum Gasteiger partial charge on any atom is 0.164 e. The van der Waals surface area contributed by atoms with Crippen LogP contribution in [0.2, 0.25) is 0 Å². The lowest BCUT2D eigenvalue weighted by molar-refractivity contribution is 0.669. The number of benzene rings is 7. The van der Waals surface area contributed by atoms with Gasteiger partial charge in [0.25, 0.3) is 0 Å². The SMILES string of the molecule is c1ccc(-c2cccc(-c3nc(-c4ccccc4)nc(-c4ccc(-n5c6ccccc6c6cc7c(cc65)oc5ccccc57)cc4)n3)c2)cc1. The lowest BCUT2D eigenvalue weighted by Gasteiger charge is -2.11. The molecule has 5 nitrogen and oxygen atoms in total. The third kappa shape index (κ3) is 4.67. The van der Waals surface area contributed by atoms with Gasteiger partial charge in [0.1, 0.15) is 11.2 Å². The Balaban J connectivity index is 1.11. The average Bonchev–Trinajstić information content (AvgIpc) is 3.72. The van der Waals surface area contributed by atoms with E-state index in [9.17, 15) is 0 Å². The maximum atomic E-state index is 6.32. The van der Waals surface area contributed by atoms with Crippen molar-refractivity contribution in [2.45, 2.75) is 0 Å². The second-order valence-corrected chi connectivity index (χ2v) is 12.5. The van der Waals surface area contributed by atoms with Gasteiger partial charge >= 0.3 is 0 Å². The number of fused-ring (bicyclic) bond motifs is 6. The number of hydrogen-bond acceptors (Lipinski definition) is 4. The molecule has 0 bridgehead atoms. The van der Waals surface area contributed by atoms with Crippen molar-refractivity contribution in [1.82, 2.24) is 19.5 Å². The van der Waals surface area contributed by atoms with Crippen molar-refractivity contribution >= 4 is 43.7 Å². The number of hydrogen-bond donors (Lipinski definition) is 0. The molecule has 0 amide bonds. The van der Waals surface area contributed by atoms with Crippen LogP contribution in [0.3, 0.4) is 0 Å². The molecule has 50 heavy (non-hydrogen) atoms. The molecular formula is C45H28N4O. The highest BCUT2D eigenvalue weighted by Crippen LogP contribution is 2.38. The molecule has 0 radical (unpaired) electrons. The largest absolute Gasteiger partial charge is 0.456 e. The first kappa shape index (κ1) is 28.2. The van der Waals surface area contributed by atoms with Gasteiger partial charge in [0.2, 0.25) is 0 Å². The van der Waals surface area contributed by atoms with Crippen molar-refractivity contribution < 1.29 is 4.42 Å². The predicted octanol–water partition coefficient (Wildman–Crippen LogP) is 11.5. The van der Waals surface area contributed by atoms with Gasteiger partial charge in [-0.15, -0.1) is 0 Å². The minimum atomic E-state index is 0.622. The topological polar surface area (TPSA) is 56.7 Å². The van der Waals surface area contributed by atoms with Gasteiger partial charge in [0, 0.05) is 50.0 Å². The molecule has 0 N–H and O–H groups in total.